The molecule has 2 rings (SSSR count). The molecule has 0 unspecified atom stereocenters. The summed E-state index contributed by atoms with van der Waals surface area (Å²) >= 11 is 0. The van der Waals surface area contributed by atoms with Crippen molar-refractivity contribution in [2.45, 2.75) is 13.3 Å². The Labute approximate surface area is 129 Å². The number of nitrogens with one attached hydrogen (secondary N) is 2. The van der Waals surface area contributed by atoms with Crippen molar-refractivity contribution in [3.63, 3.8) is 0 Å². The average molecular weight is 298 g/mol. The third kappa shape index (κ3) is 4.34. The summed E-state index contributed by atoms with van der Waals surface area (Å²) in [6.45, 7) is 2.11. The van der Waals surface area contributed by atoms with Gasteiger partial charge in [0.2, 0.25) is 0 Å². The zero-order chi connectivity index (χ0) is 15.9. The van der Waals surface area contributed by atoms with Crippen LogP contribution in [-0.4, -0.2) is 23.5 Å². The van der Waals surface area contributed by atoms with Crippen molar-refractivity contribution in [2.75, 3.05) is 11.9 Å². The predicted molar refractivity (Wildman–Crippen MR) is 85.5 cm³/mol. The van der Waals surface area contributed by atoms with Crippen LogP contribution in [0.2, 0.25) is 0 Å². The first-order valence-corrected chi connectivity index (χ1v) is 6.99. The molecule has 0 bridgehead atoms. The molecule has 2 aromatic rings. The molecular formula is C17H18N2O3. The molecule has 0 aliphatic heterocycles. The minimum Gasteiger partial charge on any atom is -0.481 e. The molecule has 0 saturated carbocycles. The second kappa shape index (κ2) is 7.26. The topological polar surface area (TPSA) is 78.4 Å². The number of hydrogen-bond acceptors (Lipinski definition) is 3. The van der Waals surface area contributed by atoms with Gasteiger partial charge in [0.1, 0.15) is 0 Å². The molecule has 0 aliphatic carbocycles. The van der Waals surface area contributed by atoms with E-state index in [0.29, 0.717) is 11.3 Å². The lowest BCUT2D eigenvalue weighted by molar-refractivity contribution is -0.136. The van der Waals surface area contributed by atoms with E-state index in [-0.39, 0.29) is 18.9 Å². The SMILES string of the molecule is Cc1ccc(Nc2ccccc2C(=O)NCCC(=O)O)cc1. The molecule has 0 aromatic heterocycles. The Morgan fingerprint density at radius 3 is 2.41 bits per heavy atom. The fraction of sp³-hybridized carbons (Fsp3) is 0.176. The van der Waals surface area contributed by atoms with Crippen molar-refractivity contribution in [1.29, 1.82) is 0 Å². The van der Waals surface area contributed by atoms with E-state index in [1.54, 1.807) is 12.1 Å². The van der Waals surface area contributed by atoms with Gasteiger partial charge in [-0.15, -0.1) is 0 Å². The number of carboxylic acids is 1. The molecule has 0 heterocycles. The summed E-state index contributed by atoms with van der Waals surface area (Å²) in [5, 5.41) is 14.4. The molecule has 0 fully saturated rings. The van der Waals surface area contributed by atoms with Crippen molar-refractivity contribution in [3.8, 4) is 0 Å². The highest BCUT2D eigenvalue weighted by atomic mass is 16.4. The monoisotopic (exact) mass is 298 g/mol. The van der Waals surface area contributed by atoms with Gasteiger partial charge in [0.05, 0.1) is 17.7 Å². The Kier molecular flexibility index (Phi) is 5.14. The summed E-state index contributed by atoms with van der Waals surface area (Å²) in [4.78, 5) is 22.6. The van der Waals surface area contributed by atoms with Gasteiger partial charge in [-0.3, -0.25) is 9.59 Å². The first-order chi connectivity index (χ1) is 10.6. The third-order valence-electron chi connectivity index (χ3n) is 3.13. The zero-order valence-electron chi connectivity index (χ0n) is 12.3. The number of para-hydroxylation sites is 1. The fourth-order valence-electron chi connectivity index (χ4n) is 1.96. The Morgan fingerprint density at radius 1 is 1.05 bits per heavy atom. The summed E-state index contributed by atoms with van der Waals surface area (Å²) in [6.07, 6.45) is -0.0979. The van der Waals surface area contributed by atoms with Gasteiger partial charge in [-0.05, 0) is 31.2 Å². The first kappa shape index (κ1) is 15.6. The van der Waals surface area contributed by atoms with E-state index in [9.17, 15) is 9.59 Å². The minimum atomic E-state index is -0.939. The maximum Gasteiger partial charge on any atom is 0.305 e. The molecule has 0 aliphatic rings. The van der Waals surface area contributed by atoms with Crippen LogP contribution in [0.1, 0.15) is 22.3 Å². The summed E-state index contributed by atoms with van der Waals surface area (Å²) in [6, 6.07) is 15.0. The van der Waals surface area contributed by atoms with Crippen LogP contribution in [-0.2, 0) is 4.79 Å². The molecule has 2 aromatic carbocycles. The second-order valence-electron chi connectivity index (χ2n) is 4.94. The van der Waals surface area contributed by atoms with E-state index >= 15 is 0 Å². The van der Waals surface area contributed by atoms with Crippen molar-refractivity contribution >= 4 is 23.3 Å². The zero-order valence-corrected chi connectivity index (χ0v) is 12.3. The molecule has 0 saturated heterocycles. The largest absolute Gasteiger partial charge is 0.481 e. The lowest BCUT2D eigenvalue weighted by Crippen LogP contribution is -2.26. The second-order valence-corrected chi connectivity index (χ2v) is 4.94. The van der Waals surface area contributed by atoms with Gasteiger partial charge in [0, 0.05) is 12.2 Å². The molecule has 0 spiro atoms. The Hall–Kier alpha value is -2.82. The Morgan fingerprint density at radius 2 is 1.73 bits per heavy atom. The van der Waals surface area contributed by atoms with E-state index in [0.717, 1.165) is 11.3 Å². The number of aryl methyl sites for hydroxylation is 1. The van der Waals surface area contributed by atoms with Gasteiger partial charge in [-0.25, -0.2) is 0 Å². The molecule has 22 heavy (non-hydrogen) atoms. The smallest absolute Gasteiger partial charge is 0.305 e. The molecular weight excluding hydrogens is 280 g/mol. The van der Waals surface area contributed by atoms with Crippen molar-refractivity contribution in [2.24, 2.45) is 0 Å². The predicted octanol–water partition coefficient (Wildman–Crippen LogP) is 2.94. The number of aliphatic carboxylic acids is 1. The van der Waals surface area contributed by atoms with E-state index in [2.05, 4.69) is 10.6 Å². The van der Waals surface area contributed by atoms with Crippen LogP contribution < -0.4 is 10.6 Å². The molecule has 0 atom stereocenters. The van der Waals surface area contributed by atoms with Gasteiger partial charge in [0.25, 0.3) is 5.91 Å². The Balaban J connectivity index is 2.10. The molecule has 5 nitrogen and oxygen atoms in total. The van der Waals surface area contributed by atoms with Crippen LogP contribution in [0.4, 0.5) is 11.4 Å². The molecule has 1 amide bonds. The highest BCUT2D eigenvalue weighted by molar-refractivity contribution is 6.00. The number of carbonyl (C=O) groups is 2. The van der Waals surface area contributed by atoms with Gasteiger partial charge >= 0.3 is 5.97 Å². The van der Waals surface area contributed by atoms with Crippen LogP contribution in [0.25, 0.3) is 0 Å². The highest BCUT2D eigenvalue weighted by Gasteiger charge is 2.11. The van der Waals surface area contributed by atoms with Crippen LogP contribution in [0.3, 0.4) is 0 Å². The number of carbonyl (C=O) groups excluding carboxylic acids is 1. The number of anilines is 2. The summed E-state index contributed by atoms with van der Waals surface area (Å²) in [7, 11) is 0. The quantitative estimate of drug-likeness (QED) is 0.766. The van der Waals surface area contributed by atoms with Crippen molar-refractivity contribution in [1.82, 2.24) is 5.32 Å². The van der Waals surface area contributed by atoms with Gasteiger partial charge < -0.3 is 15.7 Å². The summed E-state index contributed by atoms with van der Waals surface area (Å²) in [5.74, 6) is -1.23. The number of carboxylic acid groups (broad SMARTS) is 1. The van der Waals surface area contributed by atoms with Crippen LogP contribution >= 0.6 is 0 Å². The van der Waals surface area contributed by atoms with Gasteiger partial charge in [-0.1, -0.05) is 29.8 Å². The highest BCUT2D eigenvalue weighted by Crippen LogP contribution is 2.21. The van der Waals surface area contributed by atoms with Gasteiger partial charge in [-0.2, -0.15) is 0 Å². The minimum absolute atomic E-state index is 0.0979. The van der Waals surface area contributed by atoms with E-state index < -0.39 is 5.97 Å². The maximum absolute atomic E-state index is 12.1. The normalized spacial score (nSPS) is 10.0. The van der Waals surface area contributed by atoms with Crippen LogP contribution in [0, 0.1) is 6.92 Å². The molecule has 3 N–H and O–H groups in total. The standard InChI is InChI=1S/C17H18N2O3/c1-12-6-8-13(9-7-12)19-15-5-3-2-4-14(15)17(22)18-11-10-16(20)21/h2-9,19H,10-11H2,1H3,(H,18,22)(H,20,21). The van der Waals surface area contributed by atoms with Crippen LogP contribution in [0.15, 0.2) is 48.5 Å². The molecule has 114 valence electrons. The lowest BCUT2D eigenvalue weighted by atomic mass is 10.1. The number of amides is 1. The van der Waals surface area contributed by atoms with Crippen molar-refractivity contribution < 1.29 is 14.7 Å². The number of rotatable bonds is 6. The Bertz CT molecular complexity index is 666. The summed E-state index contributed by atoms with van der Waals surface area (Å²) < 4.78 is 0. The third-order valence-corrected chi connectivity index (χ3v) is 3.13. The van der Waals surface area contributed by atoms with Crippen molar-refractivity contribution in [3.05, 3.63) is 59.7 Å². The average Bonchev–Trinajstić information content (AvgIpc) is 2.49. The molecule has 5 heteroatoms. The van der Waals surface area contributed by atoms with E-state index in [1.807, 2.05) is 43.3 Å². The van der Waals surface area contributed by atoms with E-state index in [1.165, 1.54) is 0 Å². The molecule has 0 radical (unpaired) electrons. The summed E-state index contributed by atoms with van der Waals surface area (Å²) in [5.41, 5.74) is 3.20. The number of hydrogen-bond donors (Lipinski definition) is 3. The fourth-order valence-corrected chi connectivity index (χ4v) is 1.96. The first-order valence-electron chi connectivity index (χ1n) is 6.99. The van der Waals surface area contributed by atoms with Crippen LogP contribution in [0.5, 0.6) is 0 Å². The number of benzene rings is 2. The van der Waals surface area contributed by atoms with Gasteiger partial charge in [0.15, 0.2) is 0 Å². The van der Waals surface area contributed by atoms with E-state index in [4.69, 9.17) is 5.11 Å². The maximum atomic E-state index is 12.1. The lowest BCUT2D eigenvalue weighted by Gasteiger charge is -2.12.